The lowest BCUT2D eigenvalue weighted by Gasteiger charge is -2.18. The first-order chi connectivity index (χ1) is 8.08. The van der Waals surface area contributed by atoms with Gasteiger partial charge in [0.15, 0.2) is 0 Å². The topological polar surface area (TPSA) is 42.4 Å². The molecular weight excluding hydrogens is 214 g/mol. The van der Waals surface area contributed by atoms with E-state index in [2.05, 4.69) is 18.0 Å². The summed E-state index contributed by atoms with van der Waals surface area (Å²) < 4.78 is 5.65. The van der Waals surface area contributed by atoms with Crippen LogP contribution >= 0.6 is 0 Å². The average Bonchev–Trinajstić information content (AvgIpc) is 2.59. The Morgan fingerprint density at radius 3 is 2.71 bits per heavy atom. The molecular formula is C14H21NO2. The van der Waals surface area contributed by atoms with Crippen LogP contribution in [0.1, 0.15) is 45.1 Å². The van der Waals surface area contributed by atoms with Crippen molar-refractivity contribution < 1.29 is 9.84 Å². The number of hydrogen-bond acceptors (Lipinski definition) is 3. The Hall–Kier alpha value is -1.09. The Morgan fingerprint density at radius 2 is 2.12 bits per heavy atom. The van der Waals surface area contributed by atoms with Crippen LogP contribution in [0.25, 0.3) is 0 Å². The van der Waals surface area contributed by atoms with Crippen LogP contribution in [0.5, 0.6) is 5.75 Å². The van der Waals surface area contributed by atoms with Gasteiger partial charge in [-0.3, -0.25) is 4.98 Å². The van der Waals surface area contributed by atoms with Gasteiger partial charge in [-0.1, -0.05) is 6.92 Å². The van der Waals surface area contributed by atoms with E-state index in [4.69, 9.17) is 4.74 Å². The smallest absolute Gasteiger partial charge is 0.138 e. The molecule has 1 saturated carbocycles. The van der Waals surface area contributed by atoms with E-state index in [1.807, 2.05) is 20.0 Å². The standard InChI is InChI=1S/C14H21NO2/c1-9(2)17-12-6-11(7-15-8-12)13-4-5-14(16)10(13)3/h6-10,13-14,16H,4-5H2,1-3H3. The van der Waals surface area contributed by atoms with E-state index in [1.54, 1.807) is 6.20 Å². The molecule has 1 aliphatic carbocycles. The SMILES string of the molecule is CC(C)Oc1cncc(C2CCC(O)C2C)c1. The summed E-state index contributed by atoms with van der Waals surface area (Å²) in [5, 5.41) is 9.79. The lowest BCUT2D eigenvalue weighted by atomic mass is 9.90. The second kappa shape index (κ2) is 5.05. The van der Waals surface area contributed by atoms with E-state index in [1.165, 1.54) is 5.56 Å². The third-order valence-corrected chi connectivity index (χ3v) is 3.55. The van der Waals surface area contributed by atoms with Gasteiger partial charge in [-0.05, 0) is 50.2 Å². The number of hydrogen-bond donors (Lipinski definition) is 1. The van der Waals surface area contributed by atoms with Crippen LogP contribution < -0.4 is 4.74 Å². The largest absolute Gasteiger partial charge is 0.489 e. The minimum absolute atomic E-state index is 0.165. The summed E-state index contributed by atoms with van der Waals surface area (Å²) in [7, 11) is 0. The molecule has 1 N–H and O–H groups in total. The van der Waals surface area contributed by atoms with E-state index in [0.717, 1.165) is 18.6 Å². The second-order valence-corrected chi connectivity index (χ2v) is 5.23. The van der Waals surface area contributed by atoms with Crippen molar-refractivity contribution in [2.45, 2.75) is 51.7 Å². The molecule has 94 valence electrons. The minimum Gasteiger partial charge on any atom is -0.489 e. The molecule has 0 aliphatic heterocycles. The molecule has 2 rings (SSSR count). The summed E-state index contributed by atoms with van der Waals surface area (Å²) in [4.78, 5) is 4.24. The highest BCUT2D eigenvalue weighted by molar-refractivity contribution is 5.28. The van der Waals surface area contributed by atoms with Gasteiger partial charge in [-0.25, -0.2) is 0 Å². The molecule has 3 unspecified atom stereocenters. The van der Waals surface area contributed by atoms with Gasteiger partial charge in [0.25, 0.3) is 0 Å². The van der Waals surface area contributed by atoms with Crippen LogP contribution in [0, 0.1) is 5.92 Å². The van der Waals surface area contributed by atoms with Gasteiger partial charge in [0.1, 0.15) is 5.75 Å². The van der Waals surface area contributed by atoms with Crippen LogP contribution in [0.4, 0.5) is 0 Å². The van der Waals surface area contributed by atoms with E-state index in [-0.39, 0.29) is 12.2 Å². The molecule has 0 saturated heterocycles. The Balaban J connectivity index is 2.16. The first-order valence-corrected chi connectivity index (χ1v) is 6.37. The second-order valence-electron chi connectivity index (χ2n) is 5.23. The van der Waals surface area contributed by atoms with E-state index < -0.39 is 0 Å². The molecule has 0 aromatic carbocycles. The molecule has 17 heavy (non-hydrogen) atoms. The van der Waals surface area contributed by atoms with Crippen molar-refractivity contribution in [3.63, 3.8) is 0 Å². The quantitative estimate of drug-likeness (QED) is 0.876. The fourth-order valence-electron chi connectivity index (χ4n) is 2.59. The highest BCUT2D eigenvalue weighted by atomic mass is 16.5. The van der Waals surface area contributed by atoms with Gasteiger partial charge in [0.05, 0.1) is 18.4 Å². The zero-order valence-corrected chi connectivity index (χ0v) is 10.8. The highest BCUT2D eigenvalue weighted by Gasteiger charge is 2.32. The lowest BCUT2D eigenvalue weighted by Crippen LogP contribution is -2.14. The van der Waals surface area contributed by atoms with Crippen LogP contribution in [0.3, 0.4) is 0 Å². The maximum Gasteiger partial charge on any atom is 0.138 e. The predicted molar refractivity (Wildman–Crippen MR) is 67.1 cm³/mol. The summed E-state index contributed by atoms with van der Waals surface area (Å²) in [5.41, 5.74) is 1.19. The van der Waals surface area contributed by atoms with Gasteiger partial charge in [-0.15, -0.1) is 0 Å². The number of aromatic nitrogens is 1. The maximum atomic E-state index is 9.79. The zero-order valence-electron chi connectivity index (χ0n) is 10.8. The third-order valence-electron chi connectivity index (χ3n) is 3.55. The van der Waals surface area contributed by atoms with Crippen molar-refractivity contribution in [1.82, 2.24) is 4.98 Å². The Labute approximate surface area is 103 Å². The van der Waals surface area contributed by atoms with Crippen molar-refractivity contribution in [2.75, 3.05) is 0 Å². The lowest BCUT2D eigenvalue weighted by molar-refractivity contribution is 0.136. The fraction of sp³-hybridized carbons (Fsp3) is 0.643. The maximum absolute atomic E-state index is 9.79. The fourth-order valence-corrected chi connectivity index (χ4v) is 2.59. The third kappa shape index (κ3) is 2.78. The number of ether oxygens (including phenoxy) is 1. The van der Waals surface area contributed by atoms with E-state index in [9.17, 15) is 5.11 Å². The van der Waals surface area contributed by atoms with Crippen LogP contribution in [0.15, 0.2) is 18.5 Å². The molecule has 0 bridgehead atoms. The molecule has 0 radical (unpaired) electrons. The zero-order chi connectivity index (χ0) is 12.4. The number of aliphatic hydroxyl groups is 1. The molecule has 1 heterocycles. The van der Waals surface area contributed by atoms with Gasteiger partial charge >= 0.3 is 0 Å². The molecule has 1 aliphatic rings. The van der Waals surface area contributed by atoms with E-state index in [0.29, 0.717) is 11.8 Å². The Kier molecular flexibility index (Phi) is 3.67. The number of rotatable bonds is 3. The normalized spacial score (nSPS) is 28.6. The van der Waals surface area contributed by atoms with Gasteiger partial charge in [0, 0.05) is 6.20 Å². The summed E-state index contributed by atoms with van der Waals surface area (Å²) in [6.45, 7) is 6.13. The van der Waals surface area contributed by atoms with Crippen molar-refractivity contribution in [1.29, 1.82) is 0 Å². The summed E-state index contributed by atoms with van der Waals surface area (Å²) in [6.07, 6.45) is 5.57. The van der Waals surface area contributed by atoms with Crippen LogP contribution in [-0.4, -0.2) is 22.3 Å². The molecule has 3 nitrogen and oxygen atoms in total. The molecule has 1 aromatic heterocycles. The summed E-state index contributed by atoms with van der Waals surface area (Å²) in [6, 6.07) is 2.06. The summed E-state index contributed by atoms with van der Waals surface area (Å²) in [5.74, 6) is 1.55. The number of nitrogens with zero attached hydrogens (tertiary/aromatic N) is 1. The number of pyridine rings is 1. The highest BCUT2D eigenvalue weighted by Crippen LogP contribution is 2.39. The minimum atomic E-state index is -0.172. The molecule has 3 heteroatoms. The average molecular weight is 235 g/mol. The monoisotopic (exact) mass is 235 g/mol. The number of aliphatic hydroxyl groups excluding tert-OH is 1. The van der Waals surface area contributed by atoms with E-state index >= 15 is 0 Å². The van der Waals surface area contributed by atoms with Crippen molar-refractivity contribution >= 4 is 0 Å². The first-order valence-electron chi connectivity index (χ1n) is 6.37. The molecule has 1 aromatic rings. The van der Waals surface area contributed by atoms with Crippen LogP contribution in [-0.2, 0) is 0 Å². The first kappa shape index (κ1) is 12.4. The molecule has 3 atom stereocenters. The molecule has 0 spiro atoms. The Morgan fingerprint density at radius 1 is 1.35 bits per heavy atom. The van der Waals surface area contributed by atoms with Crippen molar-refractivity contribution in [3.8, 4) is 5.75 Å². The van der Waals surface area contributed by atoms with Gasteiger partial charge < -0.3 is 9.84 Å². The van der Waals surface area contributed by atoms with Gasteiger partial charge in [-0.2, -0.15) is 0 Å². The predicted octanol–water partition coefficient (Wildman–Crippen LogP) is 2.74. The Bertz CT molecular complexity index is 378. The molecule has 1 fully saturated rings. The van der Waals surface area contributed by atoms with Gasteiger partial charge in [0.2, 0.25) is 0 Å². The van der Waals surface area contributed by atoms with Crippen molar-refractivity contribution in [3.05, 3.63) is 24.0 Å². The summed E-state index contributed by atoms with van der Waals surface area (Å²) >= 11 is 0. The van der Waals surface area contributed by atoms with Crippen LogP contribution in [0.2, 0.25) is 0 Å². The molecule has 0 amide bonds. The van der Waals surface area contributed by atoms with Crippen molar-refractivity contribution in [2.24, 2.45) is 5.92 Å².